The summed E-state index contributed by atoms with van der Waals surface area (Å²) in [5.74, 6) is 3.04. The Labute approximate surface area is 234 Å². The van der Waals surface area contributed by atoms with Crippen molar-refractivity contribution in [1.29, 1.82) is 0 Å². The highest BCUT2D eigenvalue weighted by atomic mass is 16.7. The number of amides is 1. The number of aromatic nitrogens is 2. The van der Waals surface area contributed by atoms with Crippen LogP contribution in [0.25, 0.3) is 22.0 Å². The lowest BCUT2D eigenvalue weighted by molar-refractivity contribution is 0.0710. The van der Waals surface area contributed by atoms with E-state index in [1.165, 1.54) is 12.8 Å². The third kappa shape index (κ3) is 4.62. The van der Waals surface area contributed by atoms with E-state index in [2.05, 4.69) is 26.9 Å². The molecule has 8 heteroatoms. The fourth-order valence-corrected chi connectivity index (χ4v) is 6.20. The van der Waals surface area contributed by atoms with E-state index in [1.807, 2.05) is 60.5 Å². The molecule has 3 aliphatic rings. The van der Waals surface area contributed by atoms with Gasteiger partial charge in [0.25, 0.3) is 5.91 Å². The number of anilines is 2. The Kier molecular flexibility index (Phi) is 6.48. The van der Waals surface area contributed by atoms with E-state index in [0.717, 1.165) is 78.4 Å². The molecule has 40 heavy (non-hydrogen) atoms. The number of hydrogen-bond acceptors (Lipinski definition) is 7. The van der Waals surface area contributed by atoms with Crippen LogP contribution in [0.1, 0.15) is 36.0 Å². The molecule has 8 nitrogen and oxygen atoms in total. The van der Waals surface area contributed by atoms with Gasteiger partial charge in [0.05, 0.1) is 11.1 Å². The zero-order chi connectivity index (χ0) is 27.1. The highest BCUT2D eigenvalue weighted by Gasteiger charge is 2.32. The molecule has 0 unspecified atom stereocenters. The van der Waals surface area contributed by atoms with Gasteiger partial charge in [-0.3, -0.25) is 4.79 Å². The molecule has 2 aromatic carbocycles. The fraction of sp³-hybridized carbons (Fsp3) is 0.344. The molecular weight excluding hydrogens is 502 g/mol. The van der Waals surface area contributed by atoms with E-state index in [4.69, 9.17) is 14.5 Å². The van der Waals surface area contributed by atoms with Gasteiger partial charge in [-0.05, 0) is 92.4 Å². The number of carbonyl (C=O) groups is 1. The molecule has 0 spiro atoms. The van der Waals surface area contributed by atoms with Crippen molar-refractivity contribution < 1.29 is 14.3 Å². The monoisotopic (exact) mass is 535 g/mol. The molecule has 7 rings (SSSR count). The van der Waals surface area contributed by atoms with Crippen LogP contribution in [0.15, 0.2) is 66.9 Å². The van der Waals surface area contributed by atoms with Gasteiger partial charge in [-0.1, -0.05) is 18.2 Å². The van der Waals surface area contributed by atoms with E-state index >= 15 is 0 Å². The maximum atomic E-state index is 14.4. The van der Waals surface area contributed by atoms with Gasteiger partial charge in [0, 0.05) is 37.8 Å². The van der Waals surface area contributed by atoms with Crippen molar-refractivity contribution in [2.24, 2.45) is 0 Å². The van der Waals surface area contributed by atoms with Crippen molar-refractivity contribution in [2.75, 3.05) is 44.9 Å². The molecule has 204 valence electrons. The molecule has 1 atom stereocenters. The topological polar surface area (TPSA) is 71.0 Å². The van der Waals surface area contributed by atoms with Crippen LogP contribution in [0.2, 0.25) is 0 Å². The van der Waals surface area contributed by atoms with E-state index in [-0.39, 0.29) is 18.7 Å². The summed E-state index contributed by atoms with van der Waals surface area (Å²) in [6.07, 6.45) is 6.36. The summed E-state index contributed by atoms with van der Waals surface area (Å²) in [6, 6.07) is 20.1. The molecule has 4 aromatic rings. The van der Waals surface area contributed by atoms with E-state index in [0.29, 0.717) is 11.4 Å². The summed E-state index contributed by atoms with van der Waals surface area (Å²) >= 11 is 0. The average molecular weight is 536 g/mol. The molecule has 2 fully saturated rings. The van der Waals surface area contributed by atoms with Crippen LogP contribution >= 0.6 is 0 Å². The Morgan fingerprint density at radius 1 is 0.925 bits per heavy atom. The Hall–Kier alpha value is -4.17. The van der Waals surface area contributed by atoms with Crippen LogP contribution < -0.4 is 14.4 Å². The van der Waals surface area contributed by atoms with E-state index < -0.39 is 0 Å². The highest BCUT2D eigenvalue weighted by molar-refractivity contribution is 6.08. The number of nitrogens with zero attached hydrogens (tertiary/aromatic N) is 5. The Bertz CT molecular complexity index is 1550. The molecule has 3 aliphatic heterocycles. The Morgan fingerprint density at radius 2 is 1.75 bits per heavy atom. The van der Waals surface area contributed by atoms with Gasteiger partial charge in [0.15, 0.2) is 11.5 Å². The third-order valence-electron chi connectivity index (χ3n) is 8.37. The summed E-state index contributed by atoms with van der Waals surface area (Å²) < 4.78 is 11.1. The van der Waals surface area contributed by atoms with Crippen LogP contribution in [0.3, 0.4) is 0 Å². The highest BCUT2D eigenvalue weighted by Crippen LogP contribution is 2.37. The molecule has 5 heterocycles. The minimum atomic E-state index is 0.0765. The predicted molar refractivity (Wildman–Crippen MR) is 155 cm³/mol. The smallest absolute Gasteiger partial charge is 0.254 e. The zero-order valence-corrected chi connectivity index (χ0v) is 22.8. The summed E-state index contributed by atoms with van der Waals surface area (Å²) in [6.45, 7) is 4.25. The molecule has 2 aromatic heterocycles. The van der Waals surface area contributed by atoms with Crippen LogP contribution in [0, 0.1) is 0 Å². The number of pyridine rings is 2. The third-order valence-corrected chi connectivity index (χ3v) is 8.37. The van der Waals surface area contributed by atoms with Crippen molar-refractivity contribution in [3.63, 3.8) is 0 Å². The van der Waals surface area contributed by atoms with Crippen LogP contribution in [0.5, 0.6) is 11.5 Å². The van der Waals surface area contributed by atoms with Crippen molar-refractivity contribution in [3.8, 4) is 22.6 Å². The molecule has 0 radical (unpaired) electrons. The van der Waals surface area contributed by atoms with Gasteiger partial charge in [0.2, 0.25) is 6.79 Å². The average Bonchev–Trinajstić information content (AvgIpc) is 3.78. The van der Waals surface area contributed by atoms with Gasteiger partial charge < -0.3 is 24.2 Å². The molecule has 1 amide bonds. The number of ether oxygens (including phenoxy) is 2. The number of carbonyl (C=O) groups excluding carboxylic acids is 1. The number of hydrogen-bond donors (Lipinski definition) is 0. The quantitative estimate of drug-likeness (QED) is 0.323. The number of likely N-dealkylation sites (tertiary alicyclic amines) is 2. The second-order valence-electron chi connectivity index (χ2n) is 10.9. The first-order valence-electron chi connectivity index (χ1n) is 14.2. The van der Waals surface area contributed by atoms with Gasteiger partial charge >= 0.3 is 0 Å². The second kappa shape index (κ2) is 10.4. The van der Waals surface area contributed by atoms with Gasteiger partial charge in [-0.2, -0.15) is 0 Å². The summed E-state index contributed by atoms with van der Waals surface area (Å²) in [5, 5.41) is 0.852. The Balaban J connectivity index is 1.31. The summed E-state index contributed by atoms with van der Waals surface area (Å²) in [7, 11) is 1.94. The van der Waals surface area contributed by atoms with Gasteiger partial charge in [-0.25, -0.2) is 9.97 Å². The maximum absolute atomic E-state index is 14.4. The van der Waals surface area contributed by atoms with E-state index in [1.54, 1.807) is 6.20 Å². The zero-order valence-electron chi connectivity index (χ0n) is 22.8. The molecule has 0 N–H and O–H groups in total. The lowest BCUT2D eigenvalue weighted by Crippen LogP contribution is -2.42. The molecule has 0 saturated carbocycles. The minimum Gasteiger partial charge on any atom is -0.454 e. The first kappa shape index (κ1) is 24.8. The van der Waals surface area contributed by atoms with Gasteiger partial charge in [-0.15, -0.1) is 0 Å². The standard InChI is InChI=1S/C32H33N5O3/c1-35(30-8-2-3-13-33-30)31-19-26(32(38)37-16-6-7-24(37)20-36-14-4-5-15-36)25-17-22(9-11-27(25)34-31)23-10-12-28-29(18-23)40-21-39-28/h2-3,8-13,17-19,24H,4-7,14-16,20-21H2,1H3/t24-/m0/s1. The summed E-state index contributed by atoms with van der Waals surface area (Å²) in [4.78, 5) is 30.4. The lowest BCUT2D eigenvalue weighted by Gasteiger charge is -2.29. The molecule has 0 aliphatic carbocycles. The SMILES string of the molecule is CN(c1ccccn1)c1cc(C(=O)N2CCC[C@H]2CN2CCCC2)c2cc(-c3ccc4c(c3)OCO4)ccc2n1. The van der Waals surface area contributed by atoms with Crippen LogP contribution in [0.4, 0.5) is 11.6 Å². The van der Waals surface area contributed by atoms with Gasteiger partial charge in [0.1, 0.15) is 11.6 Å². The van der Waals surface area contributed by atoms with Crippen molar-refractivity contribution >= 4 is 28.4 Å². The van der Waals surface area contributed by atoms with Crippen molar-refractivity contribution in [2.45, 2.75) is 31.7 Å². The summed E-state index contributed by atoms with van der Waals surface area (Å²) in [5.41, 5.74) is 3.47. The number of benzene rings is 2. The molecule has 0 bridgehead atoms. The number of fused-ring (bicyclic) bond motifs is 2. The number of rotatable bonds is 6. The lowest BCUT2D eigenvalue weighted by atomic mass is 9.99. The maximum Gasteiger partial charge on any atom is 0.254 e. The largest absolute Gasteiger partial charge is 0.454 e. The molecule has 2 saturated heterocycles. The van der Waals surface area contributed by atoms with Crippen LogP contribution in [-0.2, 0) is 0 Å². The van der Waals surface area contributed by atoms with Crippen molar-refractivity contribution in [3.05, 3.63) is 72.4 Å². The predicted octanol–water partition coefficient (Wildman–Crippen LogP) is 5.49. The minimum absolute atomic E-state index is 0.0765. The Morgan fingerprint density at radius 3 is 2.60 bits per heavy atom. The normalized spacial score (nSPS) is 18.5. The van der Waals surface area contributed by atoms with E-state index in [9.17, 15) is 4.79 Å². The first-order chi connectivity index (χ1) is 19.6. The molecular formula is C32H33N5O3. The first-order valence-corrected chi connectivity index (χ1v) is 14.2. The second-order valence-corrected chi connectivity index (χ2v) is 10.9. The van der Waals surface area contributed by atoms with Crippen LogP contribution in [-0.4, -0.2) is 71.7 Å². The fourth-order valence-electron chi connectivity index (χ4n) is 6.20. The van der Waals surface area contributed by atoms with Crippen molar-refractivity contribution in [1.82, 2.24) is 19.8 Å².